The summed E-state index contributed by atoms with van der Waals surface area (Å²) in [7, 11) is 0. The van der Waals surface area contributed by atoms with Crippen LogP contribution in [-0.4, -0.2) is 22.8 Å². The van der Waals surface area contributed by atoms with Crippen LogP contribution in [0.3, 0.4) is 0 Å². The molecule has 0 aliphatic rings. The molecule has 1 aromatic heterocycles. The summed E-state index contributed by atoms with van der Waals surface area (Å²) in [6.07, 6.45) is 6.25. The molecule has 0 aromatic carbocycles. The molecule has 0 radical (unpaired) electrons. The number of hydrazone groups is 1. The van der Waals surface area contributed by atoms with E-state index in [1.807, 2.05) is 12.5 Å². The molecule has 1 amide bonds. The first-order valence-electron chi connectivity index (χ1n) is 4.32. The van der Waals surface area contributed by atoms with Crippen molar-refractivity contribution in [3.8, 4) is 0 Å². The van der Waals surface area contributed by atoms with Crippen molar-refractivity contribution < 1.29 is 9.52 Å². The highest BCUT2D eigenvalue weighted by molar-refractivity contribution is 8.38. The van der Waals surface area contributed by atoms with Gasteiger partial charge in [-0.2, -0.15) is 9.83 Å². The zero-order valence-corrected chi connectivity index (χ0v) is 10.5. The summed E-state index contributed by atoms with van der Waals surface area (Å²) in [5, 5.41) is 14.8. The van der Waals surface area contributed by atoms with Crippen LogP contribution in [-0.2, 0) is 0 Å². The summed E-state index contributed by atoms with van der Waals surface area (Å²) in [6.45, 7) is 0. The van der Waals surface area contributed by atoms with Crippen LogP contribution in [0.4, 0.5) is 0 Å². The van der Waals surface area contributed by atoms with Crippen LogP contribution in [0.15, 0.2) is 29.6 Å². The molecule has 1 heterocycles. The van der Waals surface area contributed by atoms with E-state index in [1.165, 1.54) is 42.0 Å². The van der Waals surface area contributed by atoms with Gasteiger partial charge in [-0.15, -0.1) is 23.5 Å². The van der Waals surface area contributed by atoms with Gasteiger partial charge < -0.3 is 5.21 Å². The van der Waals surface area contributed by atoms with E-state index in [2.05, 4.69) is 10.5 Å². The van der Waals surface area contributed by atoms with Crippen LogP contribution in [0.1, 0.15) is 10.4 Å². The minimum atomic E-state index is -0.397. The largest absolute Gasteiger partial charge is 0.619 e. The van der Waals surface area contributed by atoms with Crippen LogP contribution in [0.25, 0.3) is 0 Å². The standard InChI is InChI=1S/C9H11N3O2S2/c1-15-9(16-2)11-10-8(13)7-4-3-5-12(14)6-7/h3-6H,1-2H3,(H,10,13). The fraction of sp³-hybridized carbons (Fsp3) is 0.222. The number of rotatable bonds is 2. The van der Waals surface area contributed by atoms with Gasteiger partial charge in [-0.25, -0.2) is 5.43 Å². The van der Waals surface area contributed by atoms with E-state index in [1.54, 1.807) is 6.07 Å². The molecule has 86 valence electrons. The minimum absolute atomic E-state index is 0.280. The van der Waals surface area contributed by atoms with E-state index >= 15 is 0 Å². The van der Waals surface area contributed by atoms with Gasteiger partial charge in [0.2, 0.25) is 0 Å². The summed E-state index contributed by atoms with van der Waals surface area (Å²) in [6, 6.07) is 3.06. The minimum Gasteiger partial charge on any atom is -0.619 e. The first-order valence-corrected chi connectivity index (χ1v) is 6.77. The maximum atomic E-state index is 11.5. The lowest BCUT2D eigenvalue weighted by molar-refractivity contribution is -0.605. The van der Waals surface area contributed by atoms with E-state index in [0.717, 1.165) is 4.38 Å². The van der Waals surface area contributed by atoms with Crippen LogP contribution in [0.2, 0.25) is 0 Å². The van der Waals surface area contributed by atoms with Crippen LogP contribution >= 0.6 is 23.5 Å². The number of nitrogens with one attached hydrogen (secondary N) is 1. The quantitative estimate of drug-likeness (QED) is 0.283. The summed E-state index contributed by atoms with van der Waals surface area (Å²) < 4.78 is 1.32. The molecular formula is C9H11N3O2S2. The number of nitrogens with zero attached hydrogens (tertiary/aromatic N) is 2. The Kier molecular flexibility index (Phi) is 5.13. The molecule has 0 fully saturated rings. The number of hydrogen-bond donors (Lipinski definition) is 1. The summed E-state index contributed by atoms with van der Waals surface area (Å²) >= 11 is 2.88. The Morgan fingerprint density at radius 2 is 2.19 bits per heavy atom. The molecule has 0 unspecified atom stereocenters. The number of hydrogen-bond acceptors (Lipinski definition) is 5. The first kappa shape index (κ1) is 12.9. The highest BCUT2D eigenvalue weighted by Gasteiger charge is 2.07. The third-order valence-corrected chi connectivity index (χ3v) is 3.52. The SMILES string of the molecule is CSC(=NNC(=O)c1ccc[n+]([O-])c1)SC. The van der Waals surface area contributed by atoms with Crippen molar-refractivity contribution in [1.82, 2.24) is 5.43 Å². The lowest BCUT2D eigenvalue weighted by Crippen LogP contribution is -2.28. The number of carbonyl (C=O) groups excluding carboxylic acids is 1. The van der Waals surface area contributed by atoms with Crippen molar-refractivity contribution in [2.24, 2.45) is 5.10 Å². The second-order valence-electron chi connectivity index (χ2n) is 2.68. The molecule has 16 heavy (non-hydrogen) atoms. The molecule has 7 heteroatoms. The summed E-state index contributed by atoms with van der Waals surface area (Å²) in [5.74, 6) is -0.397. The van der Waals surface area contributed by atoms with Gasteiger partial charge >= 0.3 is 0 Å². The topological polar surface area (TPSA) is 68.4 Å². The Bertz CT molecular complexity index is 403. The molecule has 0 saturated carbocycles. The molecular weight excluding hydrogens is 246 g/mol. The van der Waals surface area contributed by atoms with Gasteiger partial charge in [0.25, 0.3) is 5.91 Å². The highest BCUT2D eigenvalue weighted by atomic mass is 32.2. The number of carbonyl (C=O) groups is 1. The predicted molar refractivity (Wildman–Crippen MR) is 67.3 cm³/mol. The molecule has 0 atom stereocenters. The van der Waals surface area contributed by atoms with E-state index in [9.17, 15) is 10.0 Å². The molecule has 0 saturated heterocycles. The van der Waals surface area contributed by atoms with E-state index in [-0.39, 0.29) is 5.56 Å². The lowest BCUT2D eigenvalue weighted by Gasteiger charge is -2.01. The zero-order chi connectivity index (χ0) is 12.0. The van der Waals surface area contributed by atoms with Crippen molar-refractivity contribution in [2.45, 2.75) is 0 Å². The van der Waals surface area contributed by atoms with E-state index in [0.29, 0.717) is 4.73 Å². The molecule has 1 aromatic rings. The van der Waals surface area contributed by atoms with Crippen molar-refractivity contribution in [2.75, 3.05) is 12.5 Å². The number of aromatic nitrogens is 1. The Morgan fingerprint density at radius 3 is 2.75 bits per heavy atom. The van der Waals surface area contributed by atoms with E-state index < -0.39 is 5.91 Å². The molecule has 1 N–H and O–H groups in total. The second-order valence-corrected chi connectivity index (χ2v) is 4.53. The van der Waals surface area contributed by atoms with Gasteiger partial charge in [-0.3, -0.25) is 4.79 Å². The lowest BCUT2D eigenvalue weighted by atomic mass is 10.3. The Morgan fingerprint density at radius 1 is 1.50 bits per heavy atom. The fourth-order valence-electron chi connectivity index (χ4n) is 0.925. The van der Waals surface area contributed by atoms with Gasteiger partial charge in [0.15, 0.2) is 12.4 Å². The Hall–Kier alpha value is -1.21. The third kappa shape index (κ3) is 3.74. The Balaban J connectivity index is 2.69. The van der Waals surface area contributed by atoms with Gasteiger partial charge in [0, 0.05) is 6.07 Å². The molecule has 0 spiro atoms. The van der Waals surface area contributed by atoms with E-state index in [4.69, 9.17) is 0 Å². The summed E-state index contributed by atoms with van der Waals surface area (Å²) in [5.41, 5.74) is 2.66. The Labute approximate surface area is 102 Å². The van der Waals surface area contributed by atoms with Gasteiger partial charge in [0.1, 0.15) is 9.94 Å². The number of thioether (sulfide) groups is 2. The maximum absolute atomic E-state index is 11.5. The van der Waals surface area contributed by atoms with Crippen LogP contribution in [0.5, 0.6) is 0 Å². The monoisotopic (exact) mass is 257 g/mol. The normalized spacial score (nSPS) is 9.62. The third-order valence-electron chi connectivity index (χ3n) is 1.64. The second kappa shape index (κ2) is 6.39. The van der Waals surface area contributed by atoms with Crippen LogP contribution < -0.4 is 10.2 Å². The van der Waals surface area contributed by atoms with Crippen molar-refractivity contribution in [3.63, 3.8) is 0 Å². The number of amides is 1. The average molecular weight is 257 g/mol. The fourth-order valence-corrected chi connectivity index (χ4v) is 1.87. The molecule has 1 rings (SSSR count). The van der Waals surface area contributed by atoms with Gasteiger partial charge in [-0.1, -0.05) is 0 Å². The first-order chi connectivity index (χ1) is 7.67. The van der Waals surface area contributed by atoms with Crippen molar-refractivity contribution in [1.29, 1.82) is 0 Å². The van der Waals surface area contributed by atoms with Crippen molar-refractivity contribution >= 4 is 33.8 Å². The molecule has 0 bridgehead atoms. The molecule has 0 aliphatic carbocycles. The molecule has 0 aliphatic heterocycles. The van der Waals surface area contributed by atoms with Crippen molar-refractivity contribution in [3.05, 3.63) is 35.3 Å². The zero-order valence-electron chi connectivity index (χ0n) is 8.84. The van der Waals surface area contributed by atoms with Gasteiger partial charge in [0.05, 0.1) is 0 Å². The van der Waals surface area contributed by atoms with Crippen LogP contribution in [0, 0.1) is 5.21 Å². The molecule has 5 nitrogen and oxygen atoms in total. The smallest absolute Gasteiger partial charge is 0.277 e. The predicted octanol–water partition coefficient (Wildman–Crippen LogP) is 1.05. The highest BCUT2D eigenvalue weighted by Crippen LogP contribution is 2.09. The maximum Gasteiger partial charge on any atom is 0.277 e. The number of pyridine rings is 1. The van der Waals surface area contributed by atoms with Gasteiger partial charge in [-0.05, 0) is 18.6 Å². The summed E-state index contributed by atoms with van der Waals surface area (Å²) in [4.78, 5) is 11.5. The average Bonchev–Trinajstić information content (AvgIpc) is 2.30.